The van der Waals surface area contributed by atoms with Crippen LogP contribution in [0.15, 0.2) is 24.7 Å². The molecule has 154 valence electrons. The van der Waals surface area contributed by atoms with Crippen molar-refractivity contribution in [2.75, 3.05) is 18.4 Å². The second kappa shape index (κ2) is 7.71. The summed E-state index contributed by atoms with van der Waals surface area (Å²) in [7, 11) is 0. The highest BCUT2D eigenvalue weighted by Gasteiger charge is 2.28. The van der Waals surface area contributed by atoms with Gasteiger partial charge in [-0.05, 0) is 58.2 Å². The molecule has 1 aliphatic heterocycles. The maximum absolute atomic E-state index is 13.8. The average Bonchev–Trinajstić information content (AvgIpc) is 3.10. The molecule has 3 aromatic heterocycles. The van der Waals surface area contributed by atoms with Gasteiger partial charge < -0.3 is 10.3 Å². The highest BCUT2D eigenvalue weighted by atomic mass is 19.1. The summed E-state index contributed by atoms with van der Waals surface area (Å²) in [5.74, 6) is 0.268. The zero-order valence-electron chi connectivity index (χ0n) is 17.6. The molecule has 0 aliphatic carbocycles. The lowest BCUT2D eigenvalue weighted by Crippen LogP contribution is -2.50. The van der Waals surface area contributed by atoms with E-state index in [9.17, 15) is 4.39 Å². The number of anilines is 1. The molecule has 0 radical (unpaired) electrons. The van der Waals surface area contributed by atoms with Crippen LogP contribution in [0.2, 0.25) is 0 Å². The number of aryl methyl sites for hydroxylation is 1. The van der Waals surface area contributed by atoms with Gasteiger partial charge in [0.15, 0.2) is 0 Å². The smallest absolute Gasteiger partial charge is 0.223 e. The van der Waals surface area contributed by atoms with Crippen molar-refractivity contribution in [2.24, 2.45) is 0 Å². The van der Waals surface area contributed by atoms with Gasteiger partial charge in [-0.3, -0.25) is 4.90 Å². The van der Waals surface area contributed by atoms with Crippen molar-refractivity contribution in [3.05, 3.63) is 36.0 Å². The van der Waals surface area contributed by atoms with Crippen LogP contribution in [-0.2, 0) is 6.42 Å². The summed E-state index contributed by atoms with van der Waals surface area (Å²) in [5.41, 5.74) is 3.52. The first-order valence-electron chi connectivity index (χ1n) is 10.4. The summed E-state index contributed by atoms with van der Waals surface area (Å²) in [5, 5.41) is 4.27. The lowest BCUT2D eigenvalue weighted by atomic mass is 9.98. The van der Waals surface area contributed by atoms with Crippen LogP contribution in [0.25, 0.3) is 22.3 Å². The highest BCUT2D eigenvalue weighted by Crippen LogP contribution is 2.30. The standard InChI is InChI=1S/C22H29FN6/c1-5-14-10-26-21(27-16-7-6-8-29(13-16)22(2,3)4)28-19(14)18-12-25-20-17(18)9-15(23)11-24-20/h9-12,16H,5-8,13H2,1-4H3,(H,24,25)(H,26,27,28)/t16-/m0/s1. The number of nitrogens with one attached hydrogen (secondary N) is 2. The summed E-state index contributed by atoms with van der Waals surface area (Å²) in [6.45, 7) is 10.9. The van der Waals surface area contributed by atoms with Crippen molar-refractivity contribution in [3.63, 3.8) is 0 Å². The van der Waals surface area contributed by atoms with Crippen molar-refractivity contribution in [3.8, 4) is 11.3 Å². The molecule has 6 nitrogen and oxygen atoms in total. The quantitative estimate of drug-likeness (QED) is 0.684. The Labute approximate surface area is 171 Å². The van der Waals surface area contributed by atoms with Crippen LogP contribution in [0.3, 0.4) is 0 Å². The number of likely N-dealkylation sites (tertiary alicyclic amines) is 1. The second-order valence-electron chi connectivity index (χ2n) is 8.77. The Morgan fingerprint density at radius 3 is 2.86 bits per heavy atom. The number of aromatic amines is 1. The SMILES string of the molecule is CCc1cnc(N[C@H]2CCCN(C(C)(C)C)C2)nc1-c1c[nH]c2ncc(F)cc12. The highest BCUT2D eigenvalue weighted by molar-refractivity contribution is 5.93. The van der Waals surface area contributed by atoms with Gasteiger partial charge >= 0.3 is 0 Å². The van der Waals surface area contributed by atoms with Crippen LogP contribution in [0, 0.1) is 5.82 Å². The first-order chi connectivity index (χ1) is 13.8. The van der Waals surface area contributed by atoms with Gasteiger partial charge in [0.2, 0.25) is 5.95 Å². The second-order valence-corrected chi connectivity index (χ2v) is 8.77. The largest absolute Gasteiger partial charge is 0.350 e. The Kier molecular flexibility index (Phi) is 5.25. The molecule has 1 aliphatic rings. The molecule has 4 rings (SSSR count). The fourth-order valence-corrected chi connectivity index (χ4v) is 4.03. The maximum atomic E-state index is 13.8. The van der Waals surface area contributed by atoms with Gasteiger partial charge in [-0.25, -0.2) is 19.3 Å². The third-order valence-corrected chi connectivity index (χ3v) is 5.70. The minimum absolute atomic E-state index is 0.152. The van der Waals surface area contributed by atoms with Crippen molar-refractivity contribution in [2.45, 2.75) is 58.5 Å². The fraction of sp³-hybridized carbons (Fsp3) is 0.500. The van der Waals surface area contributed by atoms with Crippen molar-refractivity contribution in [1.29, 1.82) is 0 Å². The lowest BCUT2D eigenvalue weighted by molar-refractivity contribution is 0.104. The Balaban J connectivity index is 1.64. The van der Waals surface area contributed by atoms with Crippen LogP contribution >= 0.6 is 0 Å². The Morgan fingerprint density at radius 2 is 2.10 bits per heavy atom. The van der Waals surface area contributed by atoms with E-state index >= 15 is 0 Å². The number of nitrogens with zero attached hydrogens (tertiary/aromatic N) is 4. The topological polar surface area (TPSA) is 69.7 Å². The monoisotopic (exact) mass is 396 g/mol. The van der Waals surface area contributed by atoms with Crippen LogP contribution in [0.5, 0.6) is 0 Å². The van der Waals surface area contributed by atoms with Crippen LogP contribution in [-0.4, -0.2) is 49.5 Å². The molecule has 1 fully saturated rings. The van der Waals surface area contributed by atoms with E-state index in [0.717, 1.165) is 54.6 Å². The molecule has 2 N–H and O–H groups in total. The lowest BCUT2D eigenvalue weighted by Gasteiger charge is -2.41. The predicted molar refractivity (Wildman–Crippen MR) is 114 cm³/mol. The van der Waals surface area contributed by atoms with Gasteiger partial charge in [0.25, 0.3) is 0 Å². The number of hydrogen-bond donors (Lipinski definition) is 2. The van der Waals surface area contributed by atoms with E-state index in [1.54, 1.807) is 0 Å². The molecule has 1 atom stereocenters. The minimum atomic E-state index is -0.353. The number of fused-ring (bicyclic) bond motifs is 1. The number of pyridine rings is 1. The van der Waals surface area contributed by atoms with E-state index in [1.165, 1.54) is 12.3 Å². The zero-order chi connectivity index (χ0) is 20.6. The normalized spacial score (nSPS) is 18.3. The first-order valence-corrected chi connectivity index (χ1v) is 10.4. The first kappa shape index (κ1) is 19.8. The van der Waals surface area contributed by atoms with Crippen molar-refractivity contribution < 1.29 is 4.39 Å². The number of H-pyrrole nitrogens is 1. The minimum Gasteiger partial charge on any atom is -0.350 e. The number of piperidine rings is 1. The summed E-state index contributed by atoms with van der Waals surface area (Å²) in [4.78, 5) is 19.2. The Morgan fingerprint density at radius 1 is 1.28 bits per heavy atom. The average molecular weight is 397 g/mol. The van der Waals surface area contributed by atoms with E-state index in [0.29, 0.717) is 17.6 Å². The van der Waals surface area contributed by atoms with Gasteiger partial charge in [0.05, 0.1) is 11.9 Å². The molecule has 29 heavy (non-hydrogen) atoms. The van der Waals surface area contributed by atoms with Crippen molar-refractivity contribution >= 4 is 17.0 Å². The Hall–Kier alpha value is -2.54. The third kappa shape index (κ3) is 4.10. The molecule has 0 amide bonds. The zero-order valence-corrected chi connectivity index (χ0v) is 17.6. The molecule has 0 unspecified atom stereocenters. The molecule has 0 aromatic carbocycles. The third-order valence-electron chi connectivity index (χ3n) is 5.70. The van der Waals surface area contributed by atoms with Crippen molar-refractivity contribution in [1.82, 2.24) is 24.8 Å². The van der Waals surface area contributed by atoms with Crippen LogP contribution in [0.1, 0.15) is 46.1 Å². The van der Waals surface area contributed by atoms with Gasteiger partial charge in [-0.2, -0.15) is 0 Å². The molecule has 0 spiro atoms. The summed E-state index contributed by atoms with van der Waals surface area (Å²) >= 11 is 0. The molecule has 0 saturated carbocycles. The summed E-state index contributed by atoms with van der Waals surface area (Å²) in [6.07, 6.45) is 8.00. The molecule has 3 aromatic rings. The van der Waals surface area contributed by atoms with Crippen LogP contribution in [0.4, 0.5) is 10.3 Å². The molecule has 0 bridgehead atoms. The van der Waals surface area contributed by atoms with Crippen LogP contribution < -0.4 is 5.32 Å². The summed E-state index contributed by atoms with van der Waals surface area (Å²) in [6, 6.07) is 1.82. The maximum Gasteiger partial charge on any atom is 0.223 e. The fourth-order valence-electron chi connectivity index (χ4n) is 4.03. The van der Waals surface area contributed by atoms with E-state index in [1.807, 2.05) is 12.4 Å². The van der Waals surface area contributed by atoms with Gasteiger partial charge in [0, 0.05) is 41.5 Å². The van der Waals surface area contributed by atoms with E-state index in [4.69, 9.17) is 4.98 Å². The number of aromatic nitrogens is 4. The van der Waals surface area contributed by atoms with E-state index in [-0.39, 0.29) is 11.4 Å². The predicted octanol–water partition coefficient (Wildman–Crippen LogP) is 4.40. The molecule has 7 heteroatoms. The Bertz CT molecular complexity index is 1010. The van der Waals surface area contributed by atoms with Gasteiger partial charge in [0.1, 0.15) is 11.5 Å². The molecular weight excluding hydrogens is 367 g/mol. The van der Waals surface area contributed by atoms with Gasteiger partial charge in [-0.15, -0.1) is 0 Å². The molecule has 1 saturated heterocycles. The van der Waals surface area contributed by atoms with E-state index in [2.05, 4.69) is 52.9 Å². The van der Waals surface area contributed by atoms with Gasteiger partial charge in [-0.1, -0.05) is 6.92 Å². The molecular formula is C22H29FN6. The number of halogens is 1. The number of hydrogen-bond acceptors (Lipinski definition) is 5. The molecule has 4 heterocycles. The number of rotatable bonds is 4. The van der Waals surface area contributed by atoms with E-state index < -0.39 is 0 Å². The summed E-state index contributed by atoms with van der Waals surface area (Å²) < 4.78 is 13.8.